The fourth-order valence-electron chi connectivity index (χ4n) is 3.66. The number of nitrogens with one attached hydrogen (secondary N) is 2. The molecular formula is C25H32N8. The highest BCUT2D eigenvalue weighted by molar-refractivity contribution is 6.10. The maximum Gasteiger partial charge on any atom is 0.146 e. The Morgan fingerprint density at radius 1 is 1.24 bits per heavy atom. The quantitative estimate of drug-likeness (QED) is 0.348. The standard InChI is InChI=1S/C25H32N8/c1-3-33-15-19(16-33)12-30-13-22(11-26)21-10-20-8-18(5-6-23(20)31-14-21)9-25(29)32-24(28)7-4-17(2)27/h4-8,10-11,13-14,19,27H,3,9,12,15-16,26H2,1-2H3,(H3,28,29,32)/b7-4-,22-11?,27-17?,30-13?. The summed E-state index contributed by atoms with van der Waals surface area (Å²) >= 11 is 0. The summed E-state index contributed by atoms with van der Waals surface area (Å²) in [4.78, 5) is 15.7. The van der Waals surface area contributed by atoms with E-state index in [1.54, 1.807) is 13.1 Å². The number of nitrogens with two attached hydrogens (primary N) is 2. The van der Waals surface area contributed by atoms with Crippen LogP contribution in [0.15, 0.2) is 58.8 Å². The normalized spacial score (nSPS) is 16.1. The van der Waals surface area contributed by atoms with Crippen LogP contribution < -0.4 is 11.5 Å². The number of amidine groups is 2. The van der Waals surface area contributed by atoms with Crippen molar-refractivity contribution in [1.29, 1.82) is 10.8 Å². The molecule has 0 unspecified atom stereocenters. The second kappa shape index (κ2) is 11.3. The molecule has 1 saturated heterocycles. The third-order valence-electron chi connectivity index (χ3n) is 5.47. The van der Waals surface area contributed by atoms with Crippen LogP contribution in [0.25, 0.3) is 16.5 Å². The van der Waals surface area contributed by atoms with E-state index >= 15 is 0 Å². The molecule has 0 aliphatic carbocycles. The van der Waals surface area contributed by atoms with Crippen LogP contribution in [0.4, 0.5) is 0 Å². The second-order valence-corrected chi connectivity index (χ2v) is 8.27. The van der Waals surface area contributed by atoms with Crippen LogP contribution in [0.3, 0.4) is 0 Å². The Labute approximate surface area is 194 Å². The minimum Gasteiger partial charge on any atom is -0.404 e. The van der Waals surface area contributed by atoms with Crippen molar-refractivity contribution in [3.63, 3.8) is 0 Å². The van der Waals surface area contributed by atoms with Gasteiger partial charge in [0.2, 0.25) is 0 Å². The first-order valence-corrected chi connectivity index (χ1v) is 11.1. The summed E-state index contributed by atoms with van der Waals surface area (Å²) < 4.78 is 0. The van der Waals surface area contributed by atoms with E-state index in [0.29, 0.717) is 23.9 Å². The van der Waals surface area contributed by atoms with Crippen LogP contribution in [0.1, 0.15) is 25.0 Å². The lowest BCUT2D eigenvalue weighted by Gasteiger charge is -2.37. The molecule has 1 aromatic carbocycles. The Morgan fingerprint density at radius 2 is 2.03 bits per heavy atom. The maximum atomic E-state index is 7.83. The van der Waals surface area contributed by atoms with Crippen molar-refractivity contribution in [1.82, 2.24) is 9.88 Å². The highest BCUT2D eigenvalue weighted by Crippen LogP contribution is 2.20. The lowest BCUT2D eigenvalue weighted by atomic mass is 10.0. The van der Waals surface area contributed by atoms with Gasteiger partial charge in [0.05, 0.1) is 5.52 Å². The number of allylic oxidation sites excluding steroid dienone is 2. The van der Waals surface area contributed by atoms with Crippen LogP contribution in [-0.2, 0) is 6.42 Å². The van der Waals surface area contributed by atoms with Gasteiger partial charge >= 0.3 is 0 Å². The van der Waals surface area contributed by atoms with Gasteiger partial charge in [-0.1, -0.05) is 13.0 Å². The smallest absolute Gasteiger partial charge is 0.146 e. The minimum absolute atomic E-state index is 0.0187. The molecule has 0 bridgehead atoms. The van der Waals surface area contributed by atoms with Crippen LogP contribution in [0.2, 0.25) is 0 Å². The van der Waals surface area contributed by atoms with E-state index in [4.69, 9.17) is 22.3 Å². The van der Waals surface area contributed by atoms with Crippen LogP contribution in [-0.4, -0.2) is 59.7 Å². The number of aliphatic imine (C=N–C) groups is 2. The van der Waals surface area contributed by atoms with E-state index in [-0.39, 0.29) is 5.84 Å². The van der Waals surface area contributed by atoms with Crippen LogP contribution in [0.5, 0.6) is 0 Å². The van der Waals surface area contributed by atoms with Gasteiger partial charge in [-0.25, -0.2) is 4.99 Å². The highest BCUT2D eigenvalue weighted by atomic mass is 15.2. The van der Waals surface area contributed by atoms with E-state index in [9.17, 15) is 0 Å². The SMILES string of the molecule is CCN1CC(CN=CC(=CN)c2cnc3ccc(CC(N)=NC(=N)/C=C\C(C)=N)cc3c2)C1. The van der Waals surface area contributed by atoms with Gasteiger partial charge in [-0.2, -0.15) is 0 Å². The summed E-state index contributed by atoms with van der Waals surface area (Å²) in [5.74, 6) is 0.976. The molecule has 6 N–H and O–H groups in total. The molecule has 2 heterocycles. The summed E-state index contributed by atoms with van der Waals surface area (Å²) in [6.07, 6.45) is 8.59. The van der Waals surface area contributed by atoms with Gasteiger partial charge in [-0.05, 0) is 49.4 Å². The van der Waals surface area contributed by atoms with Gasteiger partial charge in [0.15, 0.2) is 0 Å². The van der Waals surface area contributed by atoms with Gasteiger partial charge in [0.1, 0.15) is 11.7 Å². The molecule has 1 fully saturated rings. The van der Waals surface area contributed by atoms with Gasteiger partial charge in [0, 0.05) is 72.8 Å². The number of aromatic nitrogens is 1. The molecular weight excluding hydrogens is 412 g/mol. The predicted molar refractivity (Wildman–Crippen MR) is 138 cm³/mol. The monoisotopic (exact) mass is 444 g/mol. The third kappa shape index (κ3) is 6.92. The van der Waals surface area contributed by atoms with Crippen molar-refractivity contribution < 1.29 is 0 Å². The van der Waals surface area contributed by atoms with Crippen LogP contribution in [0, 0.1) is 16.7 Å². The lowest BCUT2D eigenvalue weighted by molar-refractivity contribution is 0.114. The average molecular weight is 445 g/mol. The molecule has 1 aliphatic heterocycles. The van der Waals surface area contributed by atoms with Gasteiger partial charge in [-0.3, -0.25) is 15.4 Å². The van der Waals surface area contributed by atoms with Crippen molar-refractivity contribution >= 4 is 40.1 Å². The Bertz CT molecular complexity index is 1140. The molecule has 1 aromatic heterocycles. The molecule has 2 aromatic rings. The number of pyridine rings is 1. The van der Waals surface area contributed by atoms with Crippen LogP contribution >= 0.6 is 0 Å². The molecule has 0 atom stereocenters. The largest absolute Gasteiger partial charge is 0.404 e. The Balaban J connectivity index is 1.70. The zero-order valence-corrected chi connectivity index (χ0v) is 19.3. The fraction of sp³-hybridized carbons (Fsp3) is 0.320. The average Bonchev–Trinajstić information content (AvgIpc) is 2.76. The maximum absolute atomic E-state index is 7.83. The molecule has 0 saturated carbocycles. The third-order valence-corrected chi connectivity index (χ3v) is 5.47. The van der Waals surface area contributed by atoms with Gasteiger partial charge < -0.3 is 21.8 Å². The first kappa shape index (κ1) is 24.0. The Hall–Kier alpha value is -3.65. The van der Waals surface area contributed by atoms with E-state index in [0.717, 1.165) is 53.8 Å². The second-order valence-electron chi connectivity index (χ2n) is 8.27. The molecule has 3 rings (SSSR count). The summed E-state index contributed by atoms with van der Waals surface area (Å²) in [6, 6.07) is 7.97. The van der Waals surface area contributed by atoms with Crippen molar-refractivity contribution in [2.24, 2.45) is 27.4 Å². The predicted octanol–water partition coefficient (Wildman–Crippen LogP) is 3.03. The molecule has 0 radical (unpaired) electrons. The van der Waals surface area contributed by atoms with E-state index < -0.39 is 0 Å². The fourth-order valence-corrected chi connectivity index (χ4v) is 3.66. The van der Waals surface area contributed by atoms with Gasteiger partial charge in [-0.15, -0.1) is 0 Å². The van der Waals surface area contributed by atoms with Crippen molar-refractivity contribution in [3.8, 4) is 0 Å². The number of likely N-dealkylation sites (tertiary alicyclic amines) is 1. The highest BCUT2D eigenvalue weighted by Gasteiger charge is 2.24. The molecule has 33 heavy (non-hydrogen) atoms. The van der Waals surface area contributed by atoms with Crippen molar-refractivity contribution in [2.75, 3.05) is 26.2 Å². The zero-order valence-electron chi connectivity index (χ0n) is 19.3. The van der Waals surface area contributed by atoms with Crippen molar-refractivity contribution in [3.05, 3.63) is 59.9 Å². The van der Waals surface area contributed by atoms with E-state index in [2.05, 4.69) is 26.8 Å². The number of rotatable bonds is 9. The molecule has 172 valence electrons. The molecule has 0 spiro atoms. The topological polar surface area (TPSA) is 141 Å². The molecule has 8 nitrogen and oxygen atoms in total. The number of hydrogen-bond acceptors (Lipinski definition) is 6. The number of hydrogen-bond donors (Lipinski definition) is 4. The molecule has 1 aliphatic rings. The first-order valence-electron chi connectivity index (χ1n) is 11.1. The van der Waals surface area contributed by atoms with E-state index in [1.807, 2.05) is 36.7 Å². The summed E-state index contributed by atoms with van der Waals surface area (Å²) in [7, 11) is 0. The summed E-state index contributed by atoms with van der Waals surface area (Å²) in [5, 5.41) is 16.2. The lowest BCUT2D eigenvalue weighted by Crippen LogP contribution is -2.47. The molecule has 8 heteroatoms. The van der Waals surface area contributed by atoms with Gasteiger partial charge in [0.25, 0.3) is 0 Å². The number of fused-ring (bicyclic) bond motifs is 1. The number of benzene rings is 1. The first-order chi connectivity index (χ1) is 15.9. The van der Waals surface area contributed by atoms with Crippen molar-refractivity contribution in [2.45, 2.75) is 20.3 Å². The summed E-state index contributed by atoms with van der Waals surface area (Å²) in [5.41, 5.74) is 15.9. The number of nitrogens with zero attached hydrogens (tertiary/aromatic N) is 4. The Kier molecular flexibility index (Phi) is 8.21. The summed E-state index contributed by atoms with van der Waals surface area (Å²) in [6.45, 7) is 7.94. The zero-order chi connectivity index (χ0) is 23.8. The molecule has 0 amide bonds. The minimum atomic E-state index is 0.0187. The van der Waals surface area contributed by atoms with E-state index in [1.165, 1.54) is 12.2 Å². The Morgan fingerprint density at radius 3 is 2.73 bits per heavy atom.